The summed E-state index contributed by atoms with van der Waals surface area (Å²) < 4.78 is 6.91. The molecule has 1 aliphatic heterocycles. The molecular formula is C18H21BrN2O2S. The minimum Gasteiger partial charge on any atom is -0.481 e. The summed E-state index contributed by atoms with van der Waals surface area (Å²) in [5.41, 5.74) is 0. The first-order valence-corrected chi connectivity index (χ1v) is 9.70. The van der Waals surface area contributed by atoms with Crippen LogP contribution < -0.4 is 4.74 Å². The van der Waals surface area contributed by atoms with Crippen LogP contribution in [0.3, 0.4) is 0 Å². The summed E-state index contributed by atoms with van der Waals surface area (Å²) in [4.78, 5) is 18.2. The Balaban J connectivity index is 1.47. The fraction of sp³-hybridized carbons (Fsp3) is 0.389. The lowest BCUT2D eigenvalue weighted by molar-refractivity contribution is -0.139. The Morgan fingerprint density at radius 2 is 1.88 bits per heavy atom. The van der Waals surface area contributed by atoms with E-state index in [0.29, 0.717) is 0 Å². The molecule has 1 atom stereocenters. The maximum absolute atomic E-state index is 12.5. The van der Waals surface area contributed by atoms with Gasteiger partial charge in [0.15, 0.2) is 6.10 Å². The average molecular weight is 409 g/mol. The molecule has 0 radical (unpaired) electrons. The van der Waals surface area contributed by atoms with Crippen LogP contribution in [0.1, 0.15) is 11.8 Å². The van der Waals surface area contributed by atoms with E-state index in [0.717, 1.165) is 42.3 Å². The summed E-state index contributed by atoms with van der Waals surface area (Å²) in [5.74, 6) is 0.803. The SMILES string of the molecule is CC(Oc1ccccc1)C(=O)N1CCN(Cc2ccc(Br)s2)CC1. The zero-order valence-corrected chi connectivity index (χ0v) is 16.1. The van der Waals surface area contributed by atoms with Crippen LogP contribution in [0.4, 0.5) is 0 Å². The molecule has 1 unspecified atom stereocenters. The van der Waals surface area contributed by atoms with E-state index in [-0.39, 0.29) is 5.91 Å². The Kier molecular flexibility index (Phi) is 5.92. The number of nitrogens with zero attached hydrogens (tertiary/aromatic N) is 2. The van der Waals surface area contributed by atoms with Crippen LogP contribution in [0.25, 0.3) is 0 Å². The first-order chi connectivity index (χ1) is 11.6. The van der Waals surface area contributed by atoms with Crippen molar-refractivity contribution in [2.45, 2.75) is 19.6 Å². The molecule has 1 aromatic carbocycles. The molecule has 1 saturated heterocycles. The van der Waals surface area contributed by atoms with Crippen LogP contribution in [0, 0.1) is 0 Å². The minimum absolute atomic E-state index is 0.0670. The number of piperazine rings is 1. The van der Waals surface area contributed by atoms with Gasteiger partial charge < -0.3 is 9.64 Å². The number of carbonyl (C=O) groups is 1. The van der Waals surface area contributed by atoms with Crippen molar-refractivity contribution in [3.05, 3.63) is 51.1 Å². The summed E-state index contributed by atoms with van der Waals surface area (Å²) >= 11 is 5.27. The number of amides is 1. The molecule has 1 amide bonds. The fourth-order valence-electron chi connectivity index (χ4n) is 2.79. The van der Waals surface area contributed by atoms with Crippen molar-refractivity contribution in [2.24, 2.45) is 0 Å². The van der Waals surface area contributed by atoms with Gasteiger partial charge >= 0.3 is 0 Å². The van der Waals surface area contributed by atoms with Gasteiger partial charge in [-0.3, -0.25) is 9.69 Å². The zero-order chi connectivity index (χ0) is 16.9. The van der Waals surface area contributed by atoms with Gasteiger partial charge in [-0.05, 0) is 47.1 Å². The van der Waals surface area contributed by atoms with Crippen molar-refractivity contribution in [3.8, 4) is 5.75 Å². The van der Waals surface area contributed by atoms with Gasteiger partial charge in [0.05, 0.1) is 3.79 Å². The van der Waals surface area contributed by atoms with Gasteiger partial charge in [-0.2, -0.15) is 0 Å². The van der Waals surface area contributed by atoms with Crippen LogP contribution in [0.5, 0.6) is 5.75 Å². The minimum atomic E-state index is -0.452. The van der Waals surface area contributed by atoms with Gasteiger partial charge in [-0.25, -0.2) is 0 Å². The van der Waals surface area contributed by atoms with Gasteiger partial charge in [0, 0.05) is 37.6 Å². The Bertz CT molecular complexity index is 669. The molecule has 0 spiro atoms. The van der Waals surface area contributed by atoms with E-state index in [4.69, 9.17) is 4.74 Å². The quantitative estimate of drug-likeness (QED) is 0.756. The van der Waals surface area contributed by atoms with Crippen molar-refractivity contribution < 1.29 is 9.53 Å². The molecule has 1 aromatic heterocycles. The van der Waals surface area contributed by atoms with E-state index in [1.807, 2.05) is 42.2 Å². The third kappa shape index (κ3) is 4.59. The standard InChI is InChI=1S/C18H21BrN2O2S/c1-14(23-15-5-3-2-4-6-15)18(22)21-11-9-20(10-12-21)13-16-7-8-17(19)24-16/h2-8,14H,9-13H2,1H3. The summed E-state index contributed by atoms with van der Waals surface area (Å²) in [6, 6.07) is 13.7. The highest BCUT2D eigenvalue weighted by atomic mass is 79.9. The highest BCUT2D eigenvalue weighted by Gasteiger charge is 2.26. The lowest BCUT2D eigenvalue weighted by atomic mass is 10.2. The molecule has 0 bridgehead atoms. The highest BCUT2D eigenvalue weighted by molar-refractivity contribution is 9.11. The normalized spacial score (nSPS) is 16.8. The molecule has 24 heavy (non-hydrogen) atoms. The Morgan fingerprint density at radius 3 is 2.50 bits per heavy atom. The van der Waals surface area contributed by atoms with Crippen molar-refractivity contribution >= 4 is 33.2 Å². The van der Waals surface area contributed by atoms with Crippen LogP contribution in [0.2, 0.25) is 0 Å². The average Bonchev–Trinajstić information content (AvgIpc) is 3.00. The smallest absolute Gasteiger partial charge is 0.263 e. The van der Waals surface area contributed by atoms with E-state index in [9.17, 15) is 4.79 Å². The summed E-state index contributed by atoms with van der Waals surface area (Å²) in [7, 11) is 0. The van der Waals surface area contributed by atoms with Crippen LogP contribution in [0.15, 0.2) is 46.3 Å². The van der Waals surface area contributed by atoms with Crippen LogP contribution >= 0.6 is 27.3 Å². The maximum atomic E-state index is 12.5. The number of thiophene rings is 1. The monoisotopic (exact) mass is 408 g/mol. The second-order valence-electron chi connectivity index (χ2n) is 5.88. The number of rotatable bonds is 5. The number of carbonyl (C=O) groups excluding carboxylic acids is 1. The number of halogens is 1. The van der Waals surface area contributed by atoms with Crippen molar-refractivity contribution in [1.29, 1.82) is 0 Å². The summed E-state index contributed by atoms with van der Waals surface area (Å²) in [6.07, 6.45) is -0.452. The number of ether oxygens (including phenoxy) is 1. The van der Waals surface area contributed by atoms with E-state index in [1.54, 1.807) is 11.3 Å². The molecule has 0 aliphatic carbocycles. The zero-order valence-electron chi connectivity index (χ0n) is 13.7. The van der Waals surface area contributed by atoms with Crippen LogP contribution in [-0.2, 0) is 11.3 Å². The first-order valence-electron chi connectivity index (χ1n) is 8.09. The molecule has 1 aliphatic rings. The first kappa shape index (κ1) is 17.5. The topological polar surface area (TPSA) is 32.8 Å². The molecule has 1 fully saturated rings. The fourth-order valence-corrected chi connectivity index (χ4v) is 4.32. The van der Waals surface area contributed by atoms with E-state index >= 15 is 0 Å². The largest absolute Gasteiger partial charge is 0.481 e. The highest BCUT2D eigenvalue weighted by Crippen LogP contribution is 2.23. The van der Waals surface area contributed by atoms with Gasteiger partial charge in [0.2, 0.25) is 0 Å². The van der Waals surface area contributed by atoms with E-state index in [2.05, 4.69) is 33.0 Å². The lowest BCUT2D eigenvalue weighted by Gasteiger charge is -2.35. The van der Waals surface area contributed by atoms with Gasteiger partial charge in [-0.15, -0.1) is 11.3 Å². The molecule has 0 saturated carbocycles. The third-order valence-corrected chi connectivity index (χ3v) is 5.70. The number of hydrogen-bond donors (Lipinski definition) is 0. The third-order valence-electron chi connectivity index (χ3n) is 4.10. The number of hydrogen-bond acceptors (Lipinski definition) is 4. The second-order valence-corrected chi connectivity index (χ2v) is 8.43. The molecule has 3 rings (SSSR count). The molecule has 2 aromatic rings. The Labute approximate surface area is 155 Å². The predicted molar refractivity (Wildman–Crippen MR) is 100 cm³/mol. The van der Waals surface area contributed by atoms with E-state index < -0.39 is 6.10 Å². The lowest BCUT2D eigenvalue weighted by Crippen LogP contribution is -2.51. The van der Waals surface area contributed by atoms with Gasteiger partial charge in [0.1, 0.15) is 5.75 Å². The second kappa shape index (κ2) is 8.14. The van der Waals surface area contributed by atoms with Gasteiger partial charge in [-0.1, -0.05) is 18.2 Å². The summed E-state index contributed by atoms with van der Waals surface area (Å²) in [6.45, 7) is 6.10. The van der Waals surface area contributed by atoms with Crippen molar-refractivity contribution in [2.75, 3.05) is 26.2 Å². The molecular weight excluding hydrogens is 388 g/mol. The maximum Gasteiger partial charge on any atom is 0.263 e. The van der Waals surface area contributed by atoms with Gasteiger partial charge in [0.25, 0.3) is 5.91 Å². The predicted octanol–water partition coefficient (Wildman–Crippen LogP) is 3.62. The Morgan fingerprint density at radius 1 is 1.17 bits per heavy atom. The molecule has 128 valence electrons. The molecule has 2 heterocycles. The molecule has 4 nitrogen and oxygen atoms in total. The van der Waals surface area contributed by atoms with Crippen LogP contribution in [-0.4, -0.2) is 48.0 Å². The van der Waals surface area contributed by atoms with Crippen molar-refractivity contribution in [3.63, 3.8) is 0 Å². The van der Waals surface area contributed by atoms with E-state index in [1.165, 1.54) is 4.88 Å². The Hall–Kier alpha value is -1.37. The number of para-hydroxylation sites is 1. The number of benzene rings is 1. The van der Waals surface area contributed by atoms with Crippen molar-refractivity contribution in [1.82, 2.24) is 9.80 Å². The molecule has 6 heteroatoms. The molecule has 0 N–H and O–H groups in total. The summed E-state index contributed by atoms with van der Waals surface area (Å²) in [5, 5.41) is 0.